The minimum atomic E-state index is -1.15. The van der Waals surface area contributed by atoms with Crippen molar-refractivity contribution in [3.63, 3.8) is 0 Å². The molecule has 2 aromatic carbocycles. The average molecular weight is 394 g/mol. The number of benzene rings is 2. The number of carboxylic acid groups (broad SMARTS) is 1. The van der Waals surface area contributed by atoms with Crippen molar-refractivity contribution in [2.45, 2.75) is 0 Å². The fraction of sp³-hybridized carbons (Fsp3) is 0. The van der Waals surface area contributed by atoms with Crippen molar-refractivity contribution in [1.29, 1.82) is 0 Å². The fourth-order valence-electron chi connectivity index (χ4n) is 2.27. The number of amides is 2. The molecule has 0 radical (unpaired) electrons. The number of aromatic carboxylic acids is 1. The number of carbonyl (C=O) groups is 3. The number of imide groups is 1. The first-order chi connectivity index (χ1) is 11.9. The van der Waals surface area contributed by atoms with Crippen LogP contribution >= 0.6 is 35.0 Å². The van der Waals surface area contributed by atoms with Crippen molar-refractivity contribution in [2.75, 3.05) is 0 Å². The summed E-state index contributed by atoms with van der Waals surface area (Å²) in [5.41, 5.74) is 2.01. The Bertz CT molecular complexity index is 938. The van der Waals surface area contributed by atoms with Gasteiger partial charge in [-0.05, 0) is 35.0 Å². The van der Waals surface area contributed by atoms with Gasteiger partial charge in [0, 0.05) is 5.56 Å². The summed E-state index contributed by atoms with van der Waals surface area (Å²) >= 11 is 13.0. The maximum absolute atomic E-state index is 11.5. The van der Waals surface area contributed by atoms with Crippen molar-refractivity contribution < 1.29 is 19.5 Å². The monoisotopic (exact) mass is 393 g/mol. The lowest BCUT2D eigenvalue weighted by molar-refractivity contribution is -0.115. The summed E-state index contributed by atoms with van der Waals surface area (Å²) in [7, 11) is 0. The van der Waals surface area contributed by atoms with Crippen LogP contribution in [-0.4, -0.2) is 22.2 Å². The molecular formula is C17H9Cl2NO4S. The van der Waals surface area contributed by atoms with Crippen LogP contribution in [0.2, 0.25) is 10.0 Å². The molecule has 0 aliphatic carbocycles. The summed E-state index contributed by atoms with van der Waals surface area (Å²) in [5, 5.41) is 11.0. The molecule has 0 atom stereocenters. The predicted molar refractivity (Wildman–Crippen MR) is 98.0 cm³/mol. The Morgan fingerprint density at radius 3 is 2.28 bits per heavy atom. The standard InChI is InChI=1S/C17H9Cl2NO4S/c18-13-10(5-6-11(14(13)19)16(22)23)9-3-1-8(2-4-9)7-12-15(21)20-17(24)25-12/h1-7H,(H,22,23)(H,20,21,24). The van der Waals surface area contributed by atoms with Gasteiger partial charge >= 0.3 is 5.97 Å². The average Bonchev–Trinajstić information content (AvgIpc) is 2.88. The maximum atomic E-state index is 11.5. The minimum absolute atomic E-state index is 0.0181. The second-order valence-electron chi connectivity index (χ2n) is 5.07. The molecule has 126 valence electrons. The molecule has 0 unspecified atom stereocenters. The third-order valence-electron chi connectivity index (χ3n) is 3.47. The maximum Gasteiger partial charge on any atom is 0.337 e. The van der Waals surface area contributed by atoms with Crippen LogP contribution in [0.5, 0.6) is 0 Å². The van der Waals surface area contributed by atoms with Crippen LogP contribution in [0.1, 0.15) is 15.9 Å². The normalized spacial score (nSPS) is 15.5. The van der Waals surface area contributed by atoms with Crippen LogP contribution < -0.4 is 5.32 Å². The van der Waals surface area contributed by atoms with Crippen LogP contribution in [0.4, 0.5) is 4.79 Å². The number of hydrogen-bond donors (Lipinski definition) is 2. The van der Waals surface area contributed by atoms with Crippen molar-refractivity contribution in [1.82, 2.24) is 5.32 Å². The third kappa shape index (κ3) is 3.56. The lowest BCUT2D eigenvalue weighted by Crippen LogP contribution is -2.17. The van der Waals surface area contributed by atoms with E-state index in [9.17, 15) is 14.4 Å². The zero-order valence-electron chi connectivity index (χ0n) is 12.4. The Morgan fingerprint density at radius 1 is 1.04 bits per heavy atom. The number of carboxylic acids is 1. The van der Waals surface area contributed by atoms with Crippen LogP contribution in [-0.2, 0) is 4.79 Å². The van der Waals surface area contributed by atoms with Crippen molar-refractivity contribution >= 4 is 58.2 Å². The van der Waals surface area contributed by atoms with E-state index < -0.39 is 17.1 Å². The highest BCUT2D eigenvalue weighted by Gasteiger charge is 2.24. The largest absolute Gasteiger partial charge is 0.478 e. The van der Waals surface area contributed by atoms with Crippen molar-refractivity contribution in [2.24, 2.45) is 0 Å². The molecule has 1 aliphatic rings. The van der Waals surface area contributed by atoms with E-state index in [1.54, 1.807) is 36.4 Å². The van der Waals surface area contributed by atoms with Gasteiger partial charge in [-0.3, -0.25) is 14.9 Å². The van der Waals surface area contributed by atoms with Crippen LogP contribution in [0.25, 0.3) is 17.2 Å². The highest BCUT2D eigenvalue weighted by molar-refractivity contribution is 8.18. The molecule has 2 amide bonds. The molecule has 0 bridgehead atoms. The van der Waals surface area contributed by atoms with Gasteiger partial charge in [-0.15, -0.1) is 0 Å². The van der Waals surface area contributed by atoms with E-state index in [2.05, 4.69) is 5.32 Å². The van der Waals surface area contributed by atoms with E-state index >= 15 is 0 Å². The number of carbonyl (C=O) groups excluding carboxylic acids is 2. The molecular weight excluding hydrogens is 385 g/mol. The topological polar surface area (TPSA) is 83.5 Å². The molecule has 1 fully saturated rings. The number of thioether (sulfide) groups is 1. The van der Waals surface area contributed by atoms with Gasteiger partial charge < -0.3 is 5.11 Å². The molecule has 2 aromatic rings. The van der Waals surface area contributed by atoms with E-state index in [1.807, 2.05) is 0 Å². The van der Waals surface area contributed by atoms with E-state index in [-0.39, 0.29) is 15.6 Å². The molecule has 0 saturated carbocycles. The first-order valence-electron chi connectivity index (χ1n) is 6.93. The lowest BCUT2D eigenvalue weighted by atomic mass is 10.0. The zero-order valence-corrected chi connectivity index (χ0v) is 14.7. The fourth-order valence-corrected chi connectivity index (χ4v) is 3.47. The van der Waals surface area contributed by atoms with Gasteiger partial charge in [-0.2, -0.15) is 0 Å². The molecule has 8 heteroatoms. The van der Waals surface area contributed by atoms with Crippen LogP contribution in [0, 0.1) is 0 Å². The van der Waals surface area contributed by atoms with Gasteiger partial charge in [0.15, 0.2) is 0 Å². The smallest absolute Gasteiger partial charge is 0.337 e. The predicted octanol–water partition coefficient (Wildman–Crippen LogP) is 4.68. The quantitative estimate of drug-likeness (QED) is 0.739. The Balaban J connectivity index is 1.92. The molecule has 3 rings (SSSR count). The zero-order chi connectivity index (χ0) is 18.1. The highest BCUT2D eigenvalue weighted by Crippen LogP contribution is 2.36. The van der Waals surface area contributed by atoms with Gasteiger partial charge in [0.2, 0.25) is 0 Å². The van der Waals surface area contributed by atoms with E-state index in [0.29, 0.717) is 10.5 Å². The summed E-state index contributed by atoms with van der Waals surface area (Å²) in [5.74, 6) is -1.57. The summed E-state index contributed by atoms with van der Waals surface area (Å²) in [6, 6.07) is 10.0. The first-order valence-corrected chi connectivity index (χ1v) is 8.50. The summed E-state index contributed by atoms with van der Waals surface area (Å²) in [6.45, 7) is 0. The SMILES string of the molecule is O=C1NC(=O)C(=Cc2ccc(-c3ccc(C(=O)O)c(Cl)c3Cl)cc2)S1. The summed E-state index contributed by atoms with van der Waals surface area (Å²) in [6.07, 6.45) is 1.61. The second-order valence-corrected chi connectivity index (χ2v) is 6.84. The molecule has 1 saturated heterocycles. The van der Waals surface area contributed by atoms with Crippen molar-refractivity contribution in [3.8, 4) is 11.1 Å². The van der Waals surface area contributed by atoms with E-state index in [0.717, 1.165) is 22.9 Å². The van der Waals surface area contributed by atoms with E-state index in [4.69, 9.17) is 28.3 Å². The first kappa shape index (κ1) is 17.5. The number of hydrogen-bond acceptors (Lipinski definition) is 4. The Hall–Kier alpha value is -2.28. The number of nitrogens with one attached hydrogen (secondary N) is 1. The van der Waals surface area contributed by atoms with Gasteiger partial charge in [-0.1, -0.05) is 53.5 Å². The Kier molecular flexibility index (Phi) is 4.85. The highest BCUT2D eigenvalue weighted by atomic mass is 35.5. The molecule has 0 spiro atoms. The van der Waals surface area contributed by atoms with Gasteiger partial charge in [0.1, 0.15) is 0 Å². The van der Waals surface area contributed by atoms with Crippen LogP contribution in [0.15, 0.2) is 41.3 Å². The molecule has 1 heterocycles. The summed E-state index contributed by atoms with van der Waals surface area (Å²) < 4.78 is 0. The second kappa shape index (κ2) is 6.92. The third-order valence-corrected chi connectivity index (χ3v) is 5.17. The van der Waals surface area contributed by atoms with Crippen LogP contribution in [0.3, 0.4) is 0 Å². The molecule has 25 heavy (non-hydrogen) atoms. The lowest BCUT2D eigenvalue weighted by Gasteiger charge is -2.09. The minimum Gasteiger partial charge on any atom is -0.478 e. The molecule has 0 aromatic heterocycles. The Morgan fingerprint density at radius 2 is 1.72 bits per heavy atom. The van der Waals surface area contributed by atoms with Gasteiger partial charge in [0.05, 0.1) is 20.5 Å². The van der Waals surface area contributed by atoms with E-state index in [1.165, 1.54) is 6.07 Å². The molecule has 2 N–H and O–H groups in total. The number of halogens is 2. The molecule has 5 nitrogen and oxygen atoms in total. The summed E-state index contributed by atoms with van der Waals surface area (Å²) in [4.78, 5) is 34.1. The Labute approximate surface area is 156 Å². The van der Waals surface area contributed by atoms with Gasteiger partial charge in [0.25, 0.3) is 11.1 Å². The molecule has 1 aliphatic heterocycles. The van der Waals surface area contributed by atoms with Gasteiger partial charge in [-0.25, -0.2) is 4.79 Å². The number of rotatable bonds is 3. The van der Waals surface area contributed by atoms with Crippen molar-refractivity contribution in [3.05, 3.63) is 62.5 Å².